The first-order chi connectivity index (χ1) is 32.3. The Kier molecular flexibility index (Phi) is 13.6. The second kappa shape index (κ2) is 19.0. The Balaban J connectivity index is 1.24. The van der Waals surface area contributed by atoms with E-state index >= 15 is 4.79 Å². The van der Waals surface area contributed by atoms with E-state index in [0.29, 0.717) is 18.7 Å². The van der Waals surface area contributed by atoms with Crippen LogP contribution in [0.25, 0.3) is 0 Å². The number of ketones is 1. The number of amides is 1. The van der Waals surface area contributed by atoms with Gasteiger partial charge in [-0.2, -0.15) is 0 Å². The number of aliphatic hydroxyl groups is 3. The van der Waals surface area contributed by atoms with Crippen LogP contribution in [-0.4, -0.2) is 130 Å². The molecule has 5 aliphatic rings. The van der Waals surface area contributed by atoms with Gasteiger partial charge in [-0.05, 0) is 80.8 Å². The SMILES string of the molecule is CC(=O)O[C@@]12CO[C@@H]1C[C@H](OC(=O)CN1CCCCC1)[C@@]1(C)C(=O)[C@H](O)C3=C(C)[C@@H](OC(=O)[C@H](O)[C@@H](NC(=O)c4ccccc4)c4ccccc4)C[C@@](O)([C@@H](OC(=O)c4ccccc4)[C@H]21)C3(C)C. The maximum atomic E-state index is 15.7. The number of benzene rings is 3. The number of likely N-dealkylation sites (tertiary alicyclic amines) is 1. The number of piperidine rings is 1. The predicted octanol–water partition coefficient (Wildman–Crippen LogP) is 4.20. The zero-order valence-electron chi connectivity index (χ0n) is 38.9. The molecule has 3 aliphatic carbocycles. The first kappa shape index (κ1) is 48.7. The third-order valence-corrected chi connectivity index (χ3v) is 15.3. The predicted molar refractivity (Wildman–Crippen MR) is 242 cm³/mol. The zero-order chi connectivity index (χ0) is 48.8. The van der Waals surface area contributed by atoms with E-state index in [0.717, 1.165) is 19.3 Å². The van der Waals surface area contributed by atoms with Crippen LogP contribution in [0.15, 0.2) is 102 Å². The molecule has 0 aromatic heterocycles. The van der Waals surface area contributed by atoms with Crippen molar-refractivity contribution < 1.29 is 67.8 Å². The lowest BCUT2D eigenvalue weighted by atomic mass is 9.44. The van der Waals surface area contributed by atoms with Crippen molar-refractivity contribution in [3.8, 4) is 0 Å². The molecule has 3 aromatic carbocycles. The van der Waals surface area contributed by atoms with Crippen molar-refractivity contribution in [1.29, 1.82) is 0 Å². The molecule has 0 unspecified atom stereocenters. The molecule has 0 spiro atoms. The second-order valence-electron chi connectivity index (χ2n) is 19.6. The molecule has 2 heterocycles. The van der Waals surface area contributed by atoms with E-state index in [1.54, 1.807) is 92.7 Å². The molecular formula is C52H60N2O14. The number of rotatable bonds is 12. The normalized spacial score (nSPS) is 31.7. The Morgan fingerprint density at radius 1 is 0.853 bits per heavy atom. The molecule has 4 fully saturated rings. The lowest BCUT2D eigenvalue weighted by molar-refractivity contribution is -0.346. The highest BCUT2D eigenvalue weighted by Gasteiger charge is 2.78. The molecule has 2 aliphatic heterocycles. The van der Waals surface area contributed by atoms with E-state index in [1.807, 2.05) is 4.90 Å². The van der Waals surface area contributed by atoms with Gasteiger partial charge >= 0.3 is 23.9 Å². The molecule has 2 bridgehead atoms. The third-order valence-electron chi connectivity index (χ3n) is 15.3. The quantitative estimate of drug-likeness (QED) is 0.114. The van der Waals surface area contributed by atoms with Gasteiger partial charge in [0.05, 0.1) is 36.1 Å². The first-order valence-corrected chi connectivity index (χ1v) is 23.3. The lowest BCUT2D eigenvalue weighted by Gasteiger charge is -2.67. The summed E-state index contributed by atoms with van der Waals surface area (Å²) in [7, 11) is 0. The van der Waals surface area contributed by atoms with Gasteiger partial charge in [-0.3, -0.25) is 24.1 Å². The van der Waals surface area contributed by atoms with Crippen LogP contribution in [0.2, 0.25) is 0 Å². The van der Waals surface area contributed by atoms with E-state index in [9.17, 15) is 39.3 Å². The van der Waals surface area contributed by atoms with Crippen LogP contribution in [0.3, 0.4) is 0 Å². The highest BCUT2D eigenvalue weighted by Crippen LogP contribution is 2.64. The van der Waals surface area contributed by atoms with Crippen LogP contribution >= 0.6 is 0 Å². The number of hydrogen-bond acceptors (Lipinski definition) is 15. The molecule has 68 heavy (non-hydrogen) atoms. The Hall–Kier alpha value is -5.78. The van der Waals surface area contributed by atoms with Crippen molar-refractivity contribution in [2.75, 3.05) is 26.2 Å². The molecule has 16 nitrogen and oxygen atoms in total. The lowest BCUT2D eigenvalue weighted by Crippen LogP contribution is -2.82. The van der Waals surface area contributed by atoms with Crippen LogP contribution in [0.1, 0.15) is 99.0 Å². The maximum absolute atomic E-state index is 15.7. The molecule has 2 saturated carbocycles. The summed E-state index contributed by atoms with van der Waals surface area (Å²) in [6, 6.07) is 23.1. The minimum absolute atomic E-state index is 0.0622. The van der Waals surface area contributed by atoms with Crippen molar-refractivity contribution >= 4 is 35.6 Å². The number of hydrogen-bond donors (Lipinski definition) is 4. The molecular weight excluding hydrogens is 877 g/mol. The van der Waals surface area contributed by atoms with Gasteiger partial charge < -0.3 is 44.3 Å². The third kappa shape index (κ3) is 8.54. The van der Waals surface area contributed by atoms with E-state index in [4.69, 9.17) is 23.7 Å². The molecule has 1 amide bonds. The Bertz CT molecular complexity index is 2440. The first-order valence-electron chi connectivity index (χ1n) is 23.3. The molecule has 8 rings (SSSR count). The van der Waals surface area contributed by atoms with Gasteiger partial charge in [0.2, 0.25) is 0 Å². The fourth-order valence-corrected chi connectivity index (χ4v) is 11.6. The number of Topliss-reactive ketones (excluding diaryl/α,β-unsaturated/α-hetero) is 1. The van der Waals surface area contributed by atoms with Gasteiger partial charge in [0.25, 0.3) is 5.91 Å². The fraction of sp³-hybridized carbons (Fsp3) is 0.500. The van der Waals surface area contributed by atoms with Crippen molar-refractivity contribution in [3.05, 3.63) is 119 Å². The van der Waals surface area contributed by atoms with Gasteiger partial charge in [0.1, 0.15) is 36.1 Å². The number of esters is 4. The van der Waals surface area contributed by atoms with Crippen molar-refractivity contribution in [2.24, 2.45) is 16.7 Å². The molecule has 0 radical (unpaired) electrons. The van der Waals surface area contributed by atoms with E-state index in [2.05, 4.69) is 5.32 Å². The summed E-state index contributed by atoms with van der Waals surface area (Å²) in [4.78, 5) is 87.2. The molecule has 2 saturated heterocycles. The van der Waals surface area contributed by atoms with Gasteiger partial charge in [-0.15, -0.1) is 0 Å². The number of nitrogens with zero attached hydrogens (tertiary/aromatic N) is 1. The van der Waals surface area contributed by atoms with Crippen molar-refractivity contribution in [3.63, 3.8) is 0 Å². The van der Waals surface area contributed by atoms with Crippen LogP contribution < -0.4 is 5.32 Å². The molecule has 362 valence electrons. The van der Waals surface area contributed by atoms with Crippen LogP contribution in [0, 0.1) is 16.7 Å². The average Bonchev–Trinajstić information content (AvgIpc) is 3.32. The number of nitrogens with one attached hydrogen (secondary N) is 1. The number of aliphatic hydroxyl groups excluding tert-OH is 2. The topological polar surface area (TPSA) is 225 Å². The fourth-order valence-electron chi connectivity index (χ4n) is 11.6. The highest BCUT2D eigenvalue weighted by molar-refractivity contribution is 5.96. The number of carbonyl (C=O) groups is 6. The monoisotopic (exact) mass is 936 g/mol. The van der Waals surface area contributed by atoms with Crippen LogP contribution in [0.4, 0.5) is 0 Å². The highest BCUT2D eigenvalue weighted by atomic mass is 16.6. The summed E-state index contributed by atoms with van der Waals surface area (Å²) >= 11 is 0. The van der Waals surface area contributed by atoms with E-state index in [1.165, 1.54) is 32.9 Å². The van der Waals surface area contributed by atoms with Crippen molar-refractivity contribution in [1.82, 2.24) is 10.2 Å². The molecule has 11 atom stereocenters. The average molecular weight is 937 g/mol. The maximum Gasteiger partial charge on any atom is 0.338 e. The minimum atomic E-state index is -2.40. The largest absolute Gasteiger partial charge is 0.460 e. The van der Waals surface area contributed by atoms with Gasteiger partial charge in [-0.25, -0.2) is 9.59 Å². The summed E-state index contributed by atoms with van der Waals surface area (Å²) in [5.41, 5.74) is -7.09. The number of ether oxygens (including phenoxy) is 5. The van der Waals surface area contributed by atoms with Gasteiger partial charge in [0.15, 0.2) is 17.5 Å². The summed E-state index contributed by atoms with van der Waals surface area (Å²) in [6.07, 6.45) is -7.67. The second-order valence-corrected chi connectivity index (χ2v) is 19.6. The van der Waals surface area contributed by atoms with Gasteiger partial charge in [0, 0.05) is 30.7 Å². The van der Waals surface area contributed by atoms with E-state index in [-0.39, 0.29) is 41.8 Å². The minimum Gasteiger partial charge on any atom is -0.460 e. The zero-order valence-corrected chi connectivity index (χ0v) is 38.9. The Labute approximate surface area is 394 Å². The summed E-state index contributed by atoms with van der Waals surface area (Å²) in [5.74, 6) is -6.60. The summed E-state index contributed by atoms with van der Waals surface area (Å²) in [6.45, 7) is 8.26. The summed E-state index contributed by atoms with van der Waals surface area (Å²) in [5, 5.41) is 41.1. The molecule has 3 aromatic rings. The Morgan fingerprint density at radius 3 is 2.04 bits per heavy atom. The standard InChI is InChI=1S/C52H60N2O14/c1-30-35(65-48(62)42(58)40(32-18-10-6-11-19-32)53-46(60)33-20-12-7-13-21-33)27-52(63)45(67-47(61)34-22-14-8-15-23-34)43-50(5,44(59)41(57)39(30)49(52,3)4)36(26-37-51(43,29-64-37)68-31(2)55)66-38(56)28-54-24-16-9-17-25-54/h6-8,10-15,18-23,35-37,40-43,45,57-58,63H,9,16-17,24-29H2,1-5H3,(H,53,60)/t35-,36-,37+,40-,41+,42+,43-,45-,50+,51-,52+/m0/s1. The Morgan fingerprint density at radius 2 is 1.46 bits per heavy atom. The van der Waals surface area contributed by atoms with Gasteiger partial charge in [-0.1, -0.05) is 87.0 Å². The van der Waals surface area contributed by atoms with Crippen LogP contribution in [0.5, 0.6) is 0 Å². The summed E-state index contributed by atoms with van der Waals surface area (Å²) < 4.78 is 31.2. The molecule has 4 N–H and O–H groups in total. The van der Waals surface area contributed by atoms with Crippen LogP contribution in [-0.2, 0) is 42.9 Å². The molecule has 16 heteroatoms. The van der Waals surface area contributed by atoms with Crippen molar-refractivity contribution in [2.45, 2.75) is 121 Å². The number of carbonyl (C=O) groups excluding carboxylic acids is 6. The smallest absolute Gasteiger partial charge is 0.338 e. The van der Waals surface area contributed by atoms with E-state index < -0.39 is 113 Å². The number of fused-ring (bicyclic) bond motifs is 5.